The Labute approximate surface area is 50.2 Å². The van der Waals surface area contributed by atoms with Crippen LogP contribution in [0.3, 0.4) is 0 Å². The molecule has 0 aromatic carbocycles. The summed E-state index contributed by atoms with van der Waals surface area (Å²) in [5.41, 5.74) is 2.97. The van der Waals surface area contributed by atoms with Crippen LogP contribution < -0.4 is 5.48 Å². The Hall–Kier alpha value is -0.0800. The summed E-state index contributed by atoms with van der Waals surface area (Å²) in [5, 5.41) is 0. The molecule has 0 spiro atoms. The van der Waals surface area contributed by atoms with Crippen LogP contribution in [0.2, 0.25) is 0 Å². The molecule has 2 heteroatoms. The molecule has 0 aromatic rings. The topological polar surface area (TPSA) is 21.3 Å². The van der Waals surface area contributed by atoms with E-state index < -0.39 is 0 Å². The molecule has 1 saturated carbocycles. The average molecular weight is 115 g/mol. The van der Waals surface area contributed by atoms with Crippen LogP contribution in [0.5, 0.6) is 0 Å². The molecule has 0 aromatic heterocycles. The number of rotatable bonds is 3. The first kappa shape index (κ1) is 6.05. The fraction of sp³-hybridized carbons (Fsp3) is 1.00. The van der Waals surface area contributed by atoms with Crippen LogP contribution in [0.15, 0.2) is 0 Å². The first-order valence-electron chi connectivity index (χ1n) is 3.31. The SMILES string of the molecule is CCONC1CCC1. The Morgan fingerprint density at radius 1 is 1.62 bits per heavy atom. The number of hydroxylamine groups is 1. The Balaban J connectivity index is 1.86. The molecule has 0 aliphatic heterocycles. The first-order valence-corrected chi connectivity index (χ1v) is 3.31. The highest BCUT2D eigenvalue weighted by molar-refractivity contribution is 4.72. The number of nitrogens with one attached hydrogen (secondary N) is 1. The second-order valence-corrected chi connectivity index (χ2v) is 2.18. The van der Waals surface area contributed by atoms with Crippen LogP contribution >= 0.6 is 0 Å². The van der Waals surface area contributed by atoms with E-state index in [-0.39, 0.29) is 0 Å². The van der Waals surface area contributed by atoms with Gasteiger partial charge in [-0.1, -0.05) is 6.42 Å². The van der Waals surface area contributed by atoms with Crippen molar-refractivity contribution in [1.82, 2.24) is 5.48 Å². The van der Waals surface area contributed by atoms with Crippen molar-refractivity contribution in [3.05, 3.63) is 0 Å². The first-order chi connectivity index (χ1) is 3.93. The minimum Gasteiger partial charge on any atom is -0.302 e. The third-order valence-electron chi connectivity index (χ3n) is 1.50. The van der Waals surface area contributed by atoms with E-state index in [0.717, 1.165) is 6.61 Å². The summed E-state index contributed by atoms with van der Waals surface area (Å²) in [6.07, 6.45) is 3.95. The fourth-order valence-corrected chi connectivity index (χ4v) is 0.727. The third kappa shape index (κ3) is 1.46. The van der Waals surface area contributed by atoms with E-state index in [1.807, 2.05) is 6.92 Å². The van der Waals surface area contributed by atoms with E-state index in [4.69, 9.17) is 4.84 Å². The van der Waals surface area contributed by atoms with Gasteiger partial charge in [-0.25, -0.2) is 0 Å². The fourth-order valence-electron chi connectivity index (χ4n) is 0.727. The highest BCUT2D eigenvalue weighted by Crippen LogP contribution is 2.17. The predicted molar refractivity (Wildman–Crippen MR) is 32.4 cm³/mol. The molecule has 1 N–H and O–H groups in total. The highest BCUT2D eigenvalue weighted by atomic mass is 16.6. The smallest absolute Gasteiger partial charge is 0.0654 e. The second-order valence-electron chi connectivity index (χ2n) is 2.18. The molecular formula is C6H13NO. The van der Waals surface area contributed by atoms with Gasteiger partial charge in [-0.2, -0.15) is 5.48 Å². The summed E-state index contributed by atoms with van der Waals surface area (Å²) >= 11 is 0. The lowest BCUT2D eigenvalue weighted by Crippen LogP contribution is -2.34. The zero-order chi connectivity index (χ0) is 5.82. The van der Waals surface area contributed by atoms with Crippen molar-refractivity contribution >= 4 is 0 Å². The molecule has 0 bridgehead atoms. The molecule has 0 atom stereocenters. The maximum atomic E-state index is 4.99. The quantitative estimate of drug-likeness (QED) is 0.556. The molecule has 0 radical (unpaired) electrons. The predicted octanol–water partition coefficient (Wildman–Crippen LogP) is 1.08. The van der Waals surface area contributed by atoms with Crippen molar-refractivity contribution in [2.75, 3.05) is 6.61 Å². The third-order valence-corrected chi connectivity index (χ3v) is 1.50. The monoisotopic (exact) mass is 115 g/mol. The Morgan fingerprint density at radius 2 is 2.38 bits per heavy atom. The Bertz CT molecular complexity index is 61.5. The summed E-state index contributed by atoms with van der Waals surface area (Å²) in [4.78, 5) is 4.99. The Kier molecular flexibility index (Phi) is 2.30. The van der Waals surface area contributed by atoms with Gasteiger partial charge in [0.2, 0.25) is 0 Å². The van der Waals surface area contributed by atoms with Crippen LogP contribution in [-0.2, 0) is 4.84 Å². The van der Waals surface area contributed by atoms with E-state index >= 15 is 0 Å². The van der Waals surface area contributed by atoms with Crippen LogP contribution in [0.4, 0.5) is 0 Å². The largest absolute Gasteiger partial charge is 0.302 e. The van der Waals surface area contributed by atoms with E-state index in [1.165, 1.54) is 19.3 Å². The molecule has 0 heterocycles. The molecule has 0 saturated heterocycles. The molecule has 1 aliphatic carbocycles. The summed E-state index contributed by atoms with van der Waals surface area (Å²) in [6.45, 7) is 2.77. The normalized spacial score (nSPS) is 20.6. The highest BCUT2D eigenvalue weighted by Gasteiger charge is 2.15. The van der Waals surface area contributed by atoms with Gasteiger partial charge < -0.3 is 4.84 Å². The molecule has 2 nitrogen and oxygen atoms in total. The van der Waals surface area contributed by atoms with E-state index in [1.54, 1.807) is 0 Å². The standard InChI is InChI=1S/C6H13NO/c1-2-8-7-6-4-3-5-6/h6-7H,2-5H2,1H3. The number of hydrogen-bond donors (Lipinski definition) is 1. The van der Waals surface area contributed by atoms with Gasteiger partial charge in [0.05, 0.1) is 6.61 Å². The van der Waals surface area contributed by atoms with Gasteiger partial charge in [-0.05, 0) is 19.8 Å². The maximum absolute atomic E-state index is 4.99. The molecule has 1 fully saturated rings. The maximum Gasteiger partial charge on any atom is 0.0654 e. The van der Waals surface area contributed by atoms with Gasteiger partial charge in [-0.15, -0.1) is 0 Å². The molecule has 1 aliphatic rings. The summed E-state index contributed by atoms with van der Waals surface area (Å²) in [5.74, 6) is 0. The lowest BCUT2D eigenvalue weighted by atomic mass is 9.94. The Morgan fingerprint density at radius 3 is 2.75 bits per heavy atom. The molecule has 48 valence electrons. The van der Waals surface area contributed by atoms with Crippen molar-refractivity contribution in [2.24, 2.45) is 0 Å². The van der Waals surface area contributed by atoms with Gasteiger partial charge in [0, 0.05) is 6.04 Å². The summed E-state index contributed by atoms with van der Waals surface area (Å²) in [7, 11) is 0. The minimum atomic E-state index is 0.662. The summed E-state index contributed by atoms with van der Waals surface area (Å²) < 4.78 is 0. The van der Waals surface area contributed by atoms with Crippen molar-refractivity contribution in [3.63, 3.8) is 0 Å². The minimum absolute atomic E-state index is 0.662. The van der Waals surface area contributed by atoms with Crippen molar-refractivity contribution < 1.29 is 4.84 Å². The van der Waals surface area contributed by atoms with Crippen molar-refractivity contribution in [1.29, 1.82) is 0 Å². The molecule has 0 unspecified atom stereocenters. The molecular weight excluding hydrogens is 102 g/mol. The van der Waals surface area contributed by atoms with Gasteiger partial charge >= 0.3 is 0 Å². The van der Waals surface area contributed by atoms with Gasteiger partial charge in [-0.3, -0.25) is 0 Å². The molecule has 8 heavy (non-hydrogen) atoms. The van der Waals surface area contributed by atoms with E-state index in [9.17, 15) is 0 Å². The van der Waals surface area contributed by atoms with E-state index in [2.05, 4.69) is 5.48 Å². The van der Waals surface area contributed by atoms with Crippen molar-refractivity contribution in [2.45, 2.75) is 32.2 Å². The lowest BCUT2D eigenvalue weighted by molar-refractivity contribution is 0.00425. The van der Waals surface area contributed by atoms with Crippen molar-refractivity contribution in [3.8, 4) is 0 Å². The van der Waals surface area contributed by atoms with Gasteiger partial charge in [0.1, 0.15) is 0 Å². The van der Waals surface area contributed by atoms with Gasteiger partial charge in [0.15, 0.2) is 0 Å². The lowest BCUT2D eigenvalue weighted by Gasteiger charge is -2.25. The van der Waals surface area contributed by atoms with E-state index in [0.29, 0.717) is 6.04 Å². The molecule has 1 rings (SSSR count). The second kappa shape index (κ2) is 3.05. The number of hydrogen-bond acceptors (Lipinski definition) is 2. The molecule has 0 amide bonds. The summed E-state index contributed by atoms with van der Waals surface area (Å²) in [6, 6.07) is 0.662. The average Bonchev–Trinajstić information content (AvgIpc) is 1.63. The van der Waals surface area contributed by atoms with Crippen LogP contribution in [0.25, 0.3) is 0 Å². The van der Waals surface area contributed by atoms with Crippen LogP contribution in [0, 0.1) is 0 Å². The zero-order valence-electron chi connectivity index (χ0n) is 5.31. The zero-order valence-corrected chi connectivity index (χ0v) is 5.31. The van der Waals surface area contributed by atoms with Crippen LogP contribution in [-0.4, -0.2) is 12.6 Å². The van der Waals surface area contributed by atoms with Crippen LogP contribution in [0.1, 0.15) is 26.2 Å². The van der Waals surface area contributed by atoms with Gasteiger partial charge in [0.25, 0.3) is 0 Å².